The van der Waals surface area contributed by atoms with E-state index in [1.807, 2.05) is 57.5 Å². The van der Waals surface area contributed by atoms with Gasteiger partial charge in [0.25, 0.3) is 0 Å². The quantitative estimate of drug-likeness (QED) is 0.370. The van der Waals surface area contributed by atoms with Gasteiger partial charge in [0, 0.05) is 26.1 Å². The van der Waals surface area contributed by atoms with Gasteiger partial charge in [-0.1, -0.05) is 38.1 Å². The van der Waals surface area contributed by atoms with Crippen LogP contribution in [0.15, 0.2) is 35.8 Å². The molecule has 2 N–H and O–H groups in total. The van der Waals surface area contributed by atoms with Crippen LogP contribution in [0.5, 0.6) is 5.88 Å². The van der Waals surface area contributed by atoms with Gasteiger partial charge in [-0.05, 0) is 30.9 Å². The first kappa shape index (κ1) is 28.4. The molecule has 0 aliphatic carbocycles. The Bertz CT molecular complexity index is 1320. The lowest BCUT2D eigenvalue weighted by molar-refractivity contribution is -0.140. The molecule has 1 unspecified atom stereocenters. The third kappa shape index (κ3) is 6.20. The number of thiazole rings is 1. The van der Waals surface area contributed by atoms with Gasteiger partial charge in [-0.2, -0.15) is 5.10 Å². The third-order valence-corrected chi connectivity index (χ3v) is 8.03. The van der Waals surface area contributed by atoms with E-state index in [2.05, 4.69) is 15.4 Å². The van der Waals surface area contributed by atoms with Crippen LogP contribution in [-0.4, -0.2) is 68.2 Å². The van der Waals surface area contributed by atoms with Crippen molar-refractivity contribution in [3.8, 4) is 16.3 Å². The van der Waals surface area contributed by atoms with E-state index in [4.69, 9.17) is 4.74 Å². The first-order valence-electron chi connectivity index (χ1n) is 13.0. The molecule has 1 aromatic carbocycles. The summed E-state index contributed by atoms with van der Waals surface area (Å²) in [6.07, 6.45) is 0.00332. The molecule has 0 saturated carbocycles. The predicted molar refractivity (Wildman–Crippen MR) is 147 cm³/mol. The van der Waals surface area contributed by atoms with Crippen LogP contribution < -0.4 is 10.1 Å². The summed E-state index contributed by atoms with van der Waals surface area (Å²) in [6.45, 7) is 7.64. The number of β-amino-alcohol motifs (C(OH)–C–C–N with tert-alkyl or cyclic N) is 1. The molecule has 11 heteroatoms. The van der Waals surface area contributed by atoms with Crippen LogP contribution in [0.3, 0.4) is 0 Å². The number of aliphatic hydroxyl groups is 1. The highest BCUT2D eigenvalue weighted by atomic mass is 32.1. The molecule has 4 rings (SSSR count). The fourth-order valence-corrected chi connectivity index (χ4v) is 5.82. The van der Waals surface area contributed by atoms with Crippen molar-refractivity contribution in [2.75, 3.05) is 13.2 Å². The molecular weight excluding hydrogens is 518 g/mol. The van der Waals surface area contributed by atoms with E-state index in [1.165, 1.54) is 9.58 Å². The Morgan fingerprint density at radius 3 is 2.59 bits per heavy atom. The fourth-order valence-electron chi connectivity index (χ4n) is 5.01. The second kappa shape index (κ2) is 12.1. The minimum atomic E-state index is -0.801. The van der Waals surface area contributed by atoms with E-state index in [9.17, 15) is 19.5 Å². The number of hydrogen-bond acceptors (Lipinski definition) is 8. The number of nitrogens with zero attached hydrogens (tertiary/aromatic N) is 4. The Kier molecular flexibility index (Phi) is 8.81. The number of carbonyl (C=O) groups is 3. The van der Waals surface area contributed by atoms with Crippen LogP contribution in [0.4, 0.5) is 0 Å². The number of hydrogen-bond donors (Lipinski definition) is 2. The Hall–Kier alpha value is -3.57. The molecule has 1 fully saturated rings. The summed E-state index contributed by atoms with van der Waals surface area (Å²) in [4.78, 5) is 44.8. The number of aliphatic hydroxyl groups excluding tert-OH is 1. The maximum Gasteiger partial charge on any atom is 0.243 e. The maximum absolute atomic E-state index is 13.8. The molecule has 4 atom stereocenters. The summed E-state index contributed by atoms with van der Waals surface area (Å²) in [5.41, 5.74) is 5.30. The summed E-state index contributed by atoms with van der Waals surface area (Å²) < 4.78 is 6.88. The molecule has 1 aliphatic heterocycles. The summed E-state index contributed by atoms with van der Waals surface area (Å²) in [5.74, 6) is -0.999. The average Bonchev–Trinajstić information content (AvgIpc) is 3.60. The molecular formula is C28H35N5O5S. The number of aryl methyl sites for hydroxylation is 2. The van der Waals surface area contributed by atoms with Crippen molar-refractivity contribution in [3.63, 3.8) is 0 Å². The van der Waals surface area contributed by atoms with Gasteiger partial charge in [0.1, 0.15) is 12.6 Å². The van der Waals surface area contributed by atoms with Gasteiger partial charge in [0.2, 0.25) is 17.7 Å². The van der Waals surface area contributed by atoms with Crippen molar-refractivity contribution in [2.24, 2.45) is 13.0 Å². The Morgan fingerprint density at radius 1 is 1.26 bits per heavy atom. The molecule has 3 aromatic rings. The van der Waals surface area contributed by atoms with Crippen molar-refractivity contribution in [3.05, 3.63) is 52.8 Å². The second-order valence-corrected chi connectivity index (χ2v) is 11.1. The zero-order chi connectivity index (χ0) is 28.3. The summed E-state index contributed by atoms with van der Waals surface area (Å²) in [5, 5.41) is 17.9. The molecule has 10 nitrogen and oxygen atoms in total. The van der Waals surface area contributed by atoms with E-state index >= 15 is 0 Å². The van der Waals surface area contributed by atoms with E-state index in [0.29, 0.717) is 17.9 Å². The van der Waals surface area contributed by atoms with Crippen LogP contribution in [0.2, 0.25) is 0 Å². The van der Waals surface area contributed by atoms with Crippen molar-refractivity contribution in [1.82, 2.24) is 25.0 Å². The zero-order valence-corrected chi connectivity index (χ0v) is 23.6. The molecule has 208 valence electrons. The number of likely N-dealkylation sites (tertiary alicyclic amines) is 1. The van der Waals surface area contributed by atoms with Gasteiger partial charge in [0.15, 0.2) is 6.29 Å². The number of benzene rings is 1. The molecule has 0 spiro atoms. The van der Waals surface area contributed by atoms with E-state index in [-0.39, 0.29) is 43.3 Å². The van der Waals surface area contributed by atoms with Gasteiger partial charge in [-0.25, -0.2) is 9.67 Å². The first-order chi connectivity index (χ1) is 18.6. The normalized spacial score (nSPS) is 18.7. The maximum atomic E-state index is 13.8. The van der Waals surface area contributed by atoms with Crippen molar-refractivity contribution in [2.45, 2.75) is 58.2 Å². The van der Waals surface area contributed by atoms with Gasteiger partial charge in [-0.15, -0.1) is 11.3 Å². The molecule has 2 amide bonds. The molecule has 2 aromatic heterocycles. The smallest absolute Gasteiger partial charge is 0.243 e. The minimum Gasteiger partial charge on any atom is -0.470 e. The van der Waals surface area contributed by atoms with Crippen LogP contribution in [0, 0.1) is 12.8 Å². The zero-order valence-electron chi connectivity index (χ0n) is 22.8. The largest absolute Gasteiger partial charge is 0.470 e. The number of aromatic nitrogens is 3. The fraction of sp³-hybridized carbons (Fsp3) is 0.464. The second-order valence-electron chi connectivity index (χ2n) is 10.2. The number of amides is 2. The Morgan fingerprint density at radius 2 is 1.97 bits per heavy atom. The standard InChI is InChI=1S/C28H35N5O5S/c1-16(2)25(22-13-24(32(5)31-22)38-11-10-34)28(37)33-14-21(35)12-23(33)27(36)30-17(3)19-6-8-20(9-7-19)26-18(4)29-15-39-26/h6-10,13,15-17,21,23,25,35H,11-12,14H2,1-5H3,(H,30,36)/t17-,21+,23-,25?/m0/s1. The highest BCUT2D eigenvalue weighted by Crippen LogP contribution is 2.32. The molecule has 1 aliphatic rings. The highest BCUT2D eigenvalue weighted by Gasteiger charge is 2.43. The van der Waals surface area contributed by atoms with Gasteiger partial charge in [0.05, 0.1) is 39.8 Å². The molecule has 0 radical (unpaired) electrons. The number of nitrogens with one attached hydrogen (secondary N) is 1. The SMILES string of the molecule is Cc1ncsc1-c1ccc([C@H](C)NC(=O)[C@@H]2C[C@@H](O)CN2C(=O)C(c2cc(OCC=O)n(C)n2)C(C)C)cc1. The van der Waals surface area contributed by atoms with Crippen molar-refractivity contribution >= 4 is 29.4 Å². The first-order valence-corrected chi connectivity index (χ1v) is 13.9. The minimum absolute atomic E-state index is 0.0682. The number of carbonyl (C=O) groups excluding carboxylic acids is 3. The van der Waals surface area contributed by atoms with E-state index < -0.39 is 18.1 Å². The lowest BCUT2D eigenvalue weighted by Gasteiger charge is -2.30. The van der Waals surface area contributed by atoms with Gasteiger partial charge >= 0.3 is 0 Å². The molecule has 39 heavy (non-hydrogen) atoms. The number of aldehydes is 1. The summed E-state index contributed by atoms with van der Waals surface area (Å²) >= 11 is 1.59. The predicted octanol–water partition coefficient (Wildman–Crippen LogP) is 3.01. The van der Waals surface area contributed by atoms with Gasteiger partial charge < -0.3 is 20.1 Å². The molecule has 3 heterocycles. The number of ether oxygens (including phenoxy) is 1. The van der Waals surface area contributed by atoms with Crippen LogP contribution >= 0.6 is 11.3 Å². The molecule has 0 bridgehead atoms. The molecule has 1 saturated heterocycles. The Labute approximate surface area is 232 Å². The Balaban J connectivity index is 1.48. The van der Waals surface area contributed by atoms with Crippen LogP contribution in [0.1, 0.15) is 56.1 Å². The number of rotatable bonds is 10. The lowest BCUT2D eigenvalue weighted by Crippen LogP contribution is -2.48. The van der Waals surface area contributed by atoms with Crippen LogP contribution in [0.25, 0.3) is 10.4 Å². The topological polar surface area (TPSA) is 127 Å². The highest BCUT2D eigenvalue weighted by molar-refractivity contribution is 7.13. The van der Waals surface area contributed by atoms with Gasteiger partial charge in [-0.3, -0.25) is 14.4 Å². The van der Waals surface area contributed by atoms with E-state index in [0.717, 1.165) is 21.7 Å². The van der Waals surface area contributed by atoms with Crippen molar-refractivity contribution in [1.29, 1.82) is 0 Å². The summed E-state index contributed by atoms with van der Waals surface area (Å²) in [6, 6.07) is 8.54. The van der Waals surface area contributed by atoms with E-state index in [1.54, 1.807) is 24.5 Å². The van der Waals surface area contributed by atoms with Crippen molar-refractivity contribution < 1.29 is 24.2 Å². The summed E-state index contributed by atoms with van der Waals surface area (Å²) in [7, 11) is 1.67. The average molecular weight is 554 g/mol. The monoisotopic (exact) mass is 553 g/mol. The van der Waals surface area contributed by atoms with Crippen LogP contribution in [-0.2, 0) is 21.4 Å². The lowest BCUT2D eigenvalue weighted by atomic mass is 9.90. The third-order valence-electron chi connectivity index (χ3n) is 7.05.